The summed E-state index contributed by atoms with van der Waals surface area (Å²) in [6, 6.07) is 14.7. The van der Waals surface area contributed by atoms with Crippen molar-refractivity contribution in [2.75, 3.05) is 33.4 Å². The van der Waals surface area contributed by atoms with Crippen LogP contribution in [-0.4, -0.2) is 81.9 Å². The Hall–Kier alpha value is -2.70. The fourth-order valence-electron chi connectivity index (χ4n) is 4.93. The van der Waals surface area contributed by atoms with Gasteiger partial charge in [-0.2, -0.15) is 4.31 Å². The van der Waals surface area contributed by atoms with E-state index in [-0.39, 0.29) is 49.1 Å². The molecule has 2 heterocycles. The van der Waals surface area contributed by atoms with Crippen molar-refractivity contribution in [3.63, 3.8) is 0 Å². The number of amides is 1. The summed E-state index contributed by atoms with van der Waals surface area (Å²) < 4.78 is 50.3. The van der Waals surface area contributed by atoms with E-state index in [1.165, 1.54) is 23.5 Å². The minimum Gasteiger partial charge on any atom is -0.497 e. The first-order chi connectivity index (χ1) is 18.7. The molecule has 2 saturated heterocycles. The molecule has 0 aromatic heterocycles. The molecule has 2 N–H and O–H groups in total. The fourth-order valence-corrected chi connectivity index (χ4v) is 6.55. The van der Waals surface area contributed by atoms with E-state index in [0.717, 1.165) is 12.0 Å². The predicted octanol–water partition coefficient (Wildman–Crippen LogP) is 2.80. The number of nitrogens with one attached hydrogen (secondary N) is 1. The number of aliphatic hydroxyl groups is 1. The Morgan fingerprint density at radius 3 is 2.49 bits per heavy atom. The molecular weight excluding hydrogens is 524 g/mol. The van der Waals surface area contributed by atoms with E-state index in [2.05, 4.69) is 5.32 Å². The Morgan fingerprint density at radius 2 is 1.82 bits per heavy atom. The summed E-state index contributed by atoms with van der Waals surface area (Å²) in [7, 11) is -2.43. The number of fused-ring (bicyclic) bond motifs is 1. The van der Waals surface area contributed by atoms with Crippen LogP contribution < -0.4 is 10.1 Å². The first kappa shape index (κ1) is 29.3. The van der Waals surface area contributed by atoms with Crippen LogP contribution in [0.4, 0.5) is 4.79 Å². The minimum absolute atomic E-state index is 0.000311. The van der Waals surface area contributed by atoms with Crippen LogP contribution in [0.2, 0.25) is 0 Å². The highest BCUT2D eigenvalue weighted by Gasteiger charge is 2.44. The fraction of sp³-hybridized carbons (Fsp3) is 0.536. The van der Waals surface area contributed by atoms with Crippen molar-refractivity contribution in [2.45, 2.75) is 56.1 Å². The van der Waals surface area contributed by atoms with Crippen molar-refractivity contribution in [3.8, 4) is 5.75 Å². The molecule has 0 aliphatic carbocycles. The van der Waals surface area contributed by atoms with E-state index < -0.39 is 34.4 Å². The Morgan fingerprint density at radius 1 is 1.10 bits per heavy atom. The summed E-state index contributed by atoms with van der Waals surface area (Å²) in [5, 5.41) is 14.2. The number of carbonyl (C=O) groups excluding carboxylic acids is 1. The van der Waals surface area contributed by atoms with Crippen LogP contribution in [0.15, 0.2) is 59.5 Å². The van der Waals surface area contributed by atoms with Gasteiger partial charge in [-0.05, 0) is 48.6 Å². The molecule has 214 valence electrons. The van der Waals surface area contributed by atoms with Crippen molar-refractivity contribution in [1.29, 1.82) is 0 Å². The van der Waals surface area contributed by atoms with Crippen LogP contribution >= 0.6 is 0 Å². The van der Waals surface area contributed by atoms with Gasteiger partial charge in [0.2, 0.25) is 10.0 Å². The van der Waals surface area contributed by atoms with E-state index in [1.807, 2.05) is 44.2 Å². The van der Waals surface area contributed by atoms with Crippen LogP contribution in [0.1, 0.15) is 25.8 Å². The number of benzene rings is 2. The highest BCUT2D eigenvalue weighted by molar-refractivity contribution is 7.89. The summed E-state index contributed by atoms with van der Waals surface area (Å²) in [6.45, 7) is 4.59. The van der Waals surface area contributed by atoms with Crippen molar-refractivity contribution in [2.24, 2.45) is 11.8 Å². The van der Waals surface area contributed by atoms with Crippen LogP contribution in [0.5, 0.6) is 5.75 Å². The van der Waals surface area contributed by atoms with Crippen LogP contribution in [0, 0.1) is 11.8 Å². The van der Waals surface area contributed by atoms with E-state index >= 15 is 0 Å². The number of carbonyl (C=O) groups is 1. The molecule has 10 nitrogen and oxygen atoms in total. The molecule has 2 aliphatic rings. The second kappa shape index (κ2) is 13.1. The number of ether oxygens (including phenoxy) is 4. The maximum atomic E-state index is 13.6. The molecule has 5 atom stereocenters. The second-order valence-corrected chi connectivity index (χ2v) is 12.3. The predicted molar refractivity (Wildman–Crippen MR) is 144 cm³/mol. The van der Waals surface area contributed by atoms with Crippen molar-refractivity contribution in [3.05, 3.63) is 60.2 Å². The molecule has 2 aliphatic heterocycles. The summed E-state index contributed by atoms with van der Waals surface area (Å²) in [5.74, 6) is 0.516. The lowest BCUT2D eigenvalue weighted by Crippen LogP contribution is -2.51. The Kier molecular flexibility index (Phi) is 9.84. The van der Waals surface area contributed by atoms with Crippen molar-refractivity contribution < 1.29 is 37.3 Å². The number of hydrogen-bond acceptors (Lipinski definition) is 8. The van der Waals surface area contributed by atoms with E-state index in [4.69, 9.17) is 18.9 Å². The van der Waals surface area contributed by atoms with Gasteiger partial charge in [0, 0.05) is 13.1 Å². The molecule has 2 fully saturated rings. The molecule has 11 heteroatoms. The Labute approximate surface area is 230 Å². The average molecular weight is 563 g/mol. The summed E-state index contributed by atoms with van der Waals surface area (Å²) in [5.41, 5.74) is 0.878. The quantitative estimate of drug-likeness (QED) is 0.405. The highest BCUT2D eigenvalue weighted by Crippen LogP contribution is 2.33. The largest absolute Gasteiger partial charge is 0.497 e. The number of hydrogen-bond donors (Lipinski definition) is 2. The number of aliphatic hydroxyl groups excluding tert-OH is 1. The first-order valence-electron chi connectivity index (χ1n) is 13.2. The lowest BCUT2D eigenvalue weighted by atomic mass is 10.0. The normalized spacial score (nSPS) is 22.5. The second-order valence-electron chi connectivity index (χ2n) is 10.4. The van der Waals surface area contributed by atoms with Crippen LogP contribution in [0.25, 0.3) is 0 Å². The molecule has 0 spiro atoms. The lowest BCUT2D eigenvalue weighted by molar-refractivity contribution is -0.0907. The molecule has 0 saturated carbocycles. The van der Waals surface area contributed by atoms with Crippen LogP contribution in [-0.2, 0) is 30.7 Å². The third kappa shape index (κ3) is 7.49. The van der Waals surface area contributed by atoms with Crippen LogP contribution in [0.3, 0.4) is 0 Å². The summed E-state index contributed by atoms with van der Waals surface area (Å²) >= 11 is 0. The zero-order valence-electron chi connectivity index (χ0n) is 22.6. The maximum absolute atomic E-state index is 13.6. The standard InChI is InChI=1S/C28H38N2O8S/c1-19(2)16-30(39(33,34)22-11-9-21(35-3)10-12-22)17-25(31)24(15-20-7-5-4-6-8-20)29-28(32)38-26-18-37-27-23(26)13-14-36-27/h4-12,19,23-27,31H,13-18H2,1-3H3,(H,29,32)/t23-,24+,25-,26-,27+/m1/s1. The lowest BCUT2D eigenvalue weighted by Gasteiger charge is -2.31. The third-order valence-electron chi connectivity index (χ3n) is 6.97. The van der Waals surface area contributed by atoms with Gasteiger partial charge in [-0.1, -0.05) is 44.2 Å². The smallest absolute Gasteiger partial charge is 0.407 e. The number of rotatable bonds is 12. The van der Waals surface area contributed by atoms with Gasteiger partial charge in [0.25, 0.3) is 0 Å². The molecular formula is C28H38N2O8S. The van der Waals surface area contributed by atoms with E-state index in [9.17, 15) is 18.3 Å². The van der Waals surface area contributed by atoms with Gasteiger partial charge in [0.15, 0.2) is 6.29 Å². The zero-order chi connectivity index (χ0) is 28.0. The molecule has 0 bridgehead atoms. The van der Waals surface area contributed by atoms with Gasteiger partial charge in [-0.25, -0.2) is 13.2 Å². The topological polar surface area (TPSA) is 124 Å². The first-order valence-corrected chi connectivity index (χ1v) is 14.7. The van der Waals surface area contributed by atoms with Crippen molar-refractivity contribution in [1.82, 2.24) is 9.62 Å². The van der Waals surface area contributed by atoms with Gasteiger partial charge < -0.3 is 29.4 Å². The minimum atomic E-state index is -3.94. The monoisotopic (exact) mass is 562 g/mol. The molecule has 0 radical (unpaired) electrons. The Balaban J connectivity index is 1.51. The third-order valence-corrected chi connectivity index (χ3v) is 8.81. The SMILES string of the molecule is COc1ccc(S(=O)(=O)N(CC(C)C)C[C@@H](O)[C@H](Cc2ccccc2)NC(=O)O[C@@H]2CO[C@@H]3OCC[C@@H]32)cc1. The van der Waals surface area contributed by atoms with Gasteiger partial charge in [0.1, 0.15) is 11.9 Å². The van der Waals surface area contributed by atoms with Gasteiger partial charge in [-0.3, -0.25) is 0 Å². The number of alkyl carbamates (subject to hydrolysis) is 1. The molecule has 0 unspecified atom stereocenters. The van der Waals surface area contributed by atoms with E-state index in [1.54, 1.807) is 12.1 Å². The molecule has 1 amide bonds. The molecule has 4 rings (SSSR count). The number of methoxy groups -OCH3 is 1. The van der Waals surface area contributed by atoms with Gasteiger partial charge in [-0.15, -0.1) is 0 Å². The average Bonchev–Trinajstić information content (AvgIpc) is 3.53. The van der Waals surface area contributed by atoms with Crippen molar-refractivity contribution >= 4 is 16.1 Å². The van der Waals surface area contributed by atoms with Gasteiger partial charge >= 0.3 is 6.09 Å². The highest BCUT2D eigenvalue weighted by atomic mass is 32.2. The maximum Gasteiger partial charge on any atom is 0.407 e. The van der Waals surface area contributed by atoms with E-state index in [0.29, 0.717) is 12.4 Å². The van der Waals surface area contributed by atoms with Gasteiger partial charge in [0.05, 0.1) is 43.3 Å². The molecule has 2 aromatic carbocycles. The summed E-state index contributed by atoms with van der Waals surface area (Å²) in [6.07, 6.45) is -1.69. The number of sulfonamides is 1. The Bertz CT molecular complexity index is 1180. The zero-order valence-corrected chi connectivity index (χ0v) is 23.4. The summed E-state index contributed by atoms with van der Waals surface area (Å²) in [4.78, 5) is 13.0. The molecule has 2 aromatic rings. The molecule has 39 heavy (non-hydrogen) atoms. The number of nitrogens with zero attached hydrogens (tertiary/aromatic N) is 1.